The number of hydrogen-bond acceptors (Lipinski definition) is 4. The second-order valence-electron chi connectivity index (χ2n) is 7.86. The lowest BCUT2D eigenvalue weighted by atomic mass is 9.75. The number of aromatic nitrogens is 1. The Morgan fingerprint density at radius 3 is 2.52 bits per heavy atom. The number of nitrogens with one attached hydrogen (secondary N) is 1. The van der Waals surface area contributed by atoms with Gasteiger partial charge in [0.2, 0.25) is 5.72 Å². The molecule has 0 aliphatic carbocycles. The van der Waals surface area contributed by atoms with Crippen LogP contribution in [0.1, 0.15) is 36.3 Å². The average molecular weight is 426 g/mol. The van der Waals surface area contributed by atoms with Crippen LogP contribution in [0.15, 0.2) is 42.7 Å². The summed E-state index contributed by atoms with van der Waals surface area (Å²) in [6, 6.07) is 7.55. The molecule has 0 aliphatic heterocycles. The number of rotatable bonds is 6. The van der Waals surface area contributed by atoms with Gasteiger partial charge in [-0.1, -0.05) is 19.9 Å². The van der Waals surface area contributed by atoms with E-state index in [1.54, 1.807) is 45.3 Å². The van der Waals surface area contributed by atoms with Crippen LogP contribution in [0.2, 0.25) is 0 Å². The summed E-state index contributed by atoms with van der Waals surface area (Å²) in [6.45, 7) is 4.69. The zero-order valence-electron chi connectivity index (χ0n) is 16.3. The molecule has 0 saturated heterocycles. The molecular formula is C21H22F4N2OS. The maximum Gasteiger partial charge on any atom is 0.431 e. The summed E-state index contributed by atoms with van der Waals surface area (Å²) in [7, 11) is 0. The van der Waals surface area contributed by atoms with Crippen LogP contribution in [0.4, 0.5) is 17.6 Å². The van der Waals surface area contributed by atoms with Crippen LogP contribution in [0.25, 0.3) is 10.1 Å². The van der Waals surface area contributed by atoms with E-state index in [0.717, 1.165) is 10.1 Å². The summed E-state index contributed by atoms with van der Waals surface area (Å²) in [5.41, 5.74) is -3.18. The summed E-state index contributed by atoms with van der Waals surface area (Å²) < 4.78 is 56.1. The average Bonchev–Trinajstić information content (AvgIpc) is 3.04. The van der Waals surface area contributed by atoms with E-state index in [-0.39, 0.29) is 6.54 Å². The topological polar surface area (TPSA) is 45.1 Å². The number of aliphatic hydroxyl groups is 1. The Morgan fingerprint density at radius 2 is 1.86 bits per heavy atom. The molecule has 8 heteroatoms. The molecule has 0 radical (unpaired) electrons. The molecule has 1 atom stereocenters. The van der Waals surface area contributed by atoms with Crippen LogP contribution < -0.4 is 5.32 Å². The highest BCUT2D eigenvalue weighted by molar-refractivity contribution is 7.19. The first kappa shape index (κ1) is 21.7. The zero-order chi connectivity index (χ0) is 21.4. The predicted octanol–water partition coefficient (Wildman–Crippen LogP) is 5.45. The van der Waals surface area contributed by atoms with E-state index < -0.39 is 29.6 Å². The molecule has 29 heavy (non-hydrogen) atoms. The summed E-state index contributed by atoms with van der Waals surface area (Å²) in [4.78, 5) is 4.65. The van der Waals surface area contributed by atoms with Crippen molar-refractivity contribution in [1.29, 1.82) is 0 Å². The minimum Gasteiger partial charge on any atom is -0.368 e. The van der Waals surface area contributed by atoms with Gasteiger partial charge in [0, 0.05) is 40.3 Å². The van der Waals surface area contributed by atoms with Gasteiger partial charge in [-0.2, -0.15) is 13.2 Å². The van der Waals surface area contributed by atoms with Crippen molar-refractivity contribution in [3.8, 4) is 0 Å². The maximum atomic E-state index is 13.8. The van der Waals surface area contributed by atoms with Crippen LogP contribution in [0.5, 0.6) is 0 Å². The fourth-order valence-corrected chi connectivity index (χ4v) is 4.55. The van der Waals surface area contributed by atoms with E-state index in [0.29, 0.717) is 16.0 Å². The molecule has 0 fully saturated rings. The summed E-state index contributed by atoms with van der Waals surface area (Å²) in [5, 5.41) is 13.7. The van der Waals surface area contributed by atoms with Gasteiger partial charge in [0.15, 0.2) is 0 Å². The number of pyridine rings is 1. The van der Waals surface area contributed by atoms with Gasteiger partial charge in [-0.15, -0.1) is 11.3 Å². The van der Waals surface area contributed by atoms with Gasteiger partial charge in [-0.3, -0.25) is 10.3 Å². The molecule has 0 amide bonds. The second kappa shape index (κ2) is 7.66. The fourth-order valence-electron chi connectivity index (χ4n) is 3.58. The molecule has 2 heterocycles. The number of alkyl halides is 3. The largest absolute Gasteiger partial charge is 0.431 e. The number of hydrogen-bond donors (Lipinski definition) is 2. The van der Waals surface area contributed by atoms with Crippen molar-refractivity contribution in [2.75, 3.05) is 0 Å². The van der Waals surface area contributed by atoms with Crippen LogP contribution in [0, 0.1) is 12.7 Å². The van der Waals surface area contributed by atoms with E-state index >= 15 is 0 Å². The van der Waals surface area contributed by atoms with Crippen LogP contribution in [0.3, 0.4) is 0 Å². The van der Waals surface area contributed by atoms with Crippen molar-refractivity contribution in [1.82, 2.24) is 10.3 Å². The lowest BCUT2D eigenvalue weighted by Crippen LogP contribution is -2.59. The van der Waals surface area contributed by atoms with Gasteiger partial charge in [-0.25, -0.2) is 4.39 Å². The molecule has 0 aliphatic rings. The third-order valence-electron chi connectivity index (χ3n) is 5.02. The third kappa shape index (κ3) is 4.60. The lowest BCUT2D eigenvalue weighted by Gasteiger charge is -2.39. The minimum absolute atomic E-state index is 0.159. The minimum atomic E-state index is -4.91. The van der Waals surface area contributed by atoms with Crippen molar-refractivity contribution in [3.05, 3.63) is 64.5 Å². The molecule has 2 aromatic heterocycles. The van der Waals surface area contributed by atoms with Gasteiger partial charge in [0.05, 0.1) is 0 Å². The number of benzene rings is 1. The normalized spacial score (nSPS) is 14.9. The highest BCUT2D eigenvalue weighted by Crippen LogP contribution is 2.41. The number of thiophene rings is 1. The van der Waals surface area contributed by atoms with E-state index in [2.05, 4.69) is 10.3 Å². The maximum absolute atomic E-state index is 13.8. The van der Waals surface area contributed by atoms with Gasteiger partial charge in [0.25, 0.3) is 0 Å². The van der Waals surface area contributed by atoms with Crippen molar-refractivity contribution in [3.63, 3.8) is 0 Å². The van der Waals surface area contributed by atoms with Gasteiger partial charge in [0.1, 0.15) is 5.82 Å². The first-order chi connectivity index (χ1) is 13.4. The first-order valence-electron chi connectivity index (χ1n) is 9.04. The number of halogens is 4. The Kier molecular flexibility index (Phi) is 5.73. The quantitative estimate of drug-likeness (QED) is 0.407. The molecule has 156 valence electrons. The van der Waals surface area contributed by atoms with E-state index in [1.807, 2.05) is 0 Å². The molecule has 3 rings (SSSR count). The molecule has 2 N–H and O–H groups in total. The molecule has 3 nitrogen and oxygen atoms in total. The molecular weight excluding hydrogens is 404 g/mol. The lowest BCUT2D eigenvalue weighted by molar-refractivity contribution is -0.280. The summed E-state index contributed by atoms with van der Waals surface area (Å²) >= 11 is 1.34. The Hall–Kier alpha value is -2.03. The fraction of sp³-hybridized carbons (Fsp3) is 0.381. The Bertz CT molecular complexity index is 982. The third-order valence-corrected chi connectivity index (χ3v) is 6.13. The van der Waals surface area contributed by atoms with Gasteiger partial charge in [-0.05, 0) is 47.7 Å². The highest BCUT2D eigenvalue weighted by Gasteiger charge is 2.56. The van der Waals surface area contributed by atoms with Crippen molar-refractivity contribution in [2.45, 2.75) is 51.1 Å². The van der Waals surface area contributed by atoms with E-state index in [1.165, 1.54) is 29.5 Å². The zero-order valence-corrected chi connectivity index (χ0v) is 17.1. The highest BCUT2D eigenvalue weighted by atomic mass is 32.1. The van der Waals surface area contributed by atoms with E-state index in [9.17, 15) is 22.7 Å². The van der Waals surface area contributed by atoms with Crippen molar-refractivity contribution >= 4 is 21.4 Å². The summed E-state index contributed by atoms with van der Waals surface area (Å²) in [6.07, 6.45) is -2.32. The molecule has 1 aromatic carbocycles. The second-order valence-corrected chi connectivity index (χ2v) is 9.03. The standard InChI is InChI=1S/C21H22F4N2OS/c1-13-4-5-15(22)9-17(13)19(2,3)12-20(28,21(23,24)25)27-11-16-8-14-10-26-7-6-18(14)29-16/h4-10,27-28H,11-12H2,1-3H3. The predicted molar refractivity (Wildman–Crippen MR) is 106 cm³/mol. The molecule has 1 unspecified atom stereocenters. The van der Waals surface area contributed by atoms with Crippen LogP contribution in [-0.2, 0) is 12.0 Å². The van der Waals surface area contributed by atoms with E-state index in [4.69, 9.17) is 0 Å². The monoisotopic (exact) mass is 426 g/mol. The molecule has 0 spiro atoms. The Labute approximate surface area is 170 Å². The van der Waals surface area contributed by atoms with Crippen LogP contribution >= 0.6 is 11.3 Å². The van der Waals surface area contributed by atoms with Crippen molar-refractivity contribution in [2.24, 2.45) is 0 Å². The van der Waals surface area contributed by atoms with Gasteiger partial charge >= 0.3 is 6.18 Å². The van der Waals surface area contributed by atoms with Crippen LogP contribution in [-0.4, -0.2) is 22.0 Å². The Balaban J connectivity index is 1.86. The molecule has 3 aromatic rings. The number of aryl methyl sites for hydroxylation is 1. The molecule has 0 bridgehead atoms. The Morgan fingerprint density at radius 1 is 1.14 bits per heavy atom. The summed E-state index contributed by atoms with van der Waals surface area (Å²) in [5.74, 6) is -0.527. The van der Waals surface area contributed by atoms with Gasteiger partial charge < -0.3 is 5.11 Å². The number of nitrogens with zero attached hydrogens (tertiary/aromatic N) is 1. The number of fused-ring (bicyclic) bond motifs is 1. The smallest absolute Gasteiger partial charge is 0.368 e. The van der Waals surface area contributed by atoms with Crippen molar-refractivity contribution < 1.29 is 22.7 Å². The molecule has 0 saturated carbocycles. The first-order valence-corrected chi connectivity index (χ1v) is 9.86. The SMILES string of the molecule is Cc1ccc(F)cc1C(C)(C)CC(O)(NCc1cc2cnccc2s1)C(F)(F)F.